The first-order valence-corrected chi connectivity index (χ1v) is 8.72. The van der Waals surface area contributed by atoms with Crippen LogP contribution in [0.2, 0.25) is 0 Å². The molecule has 1 heterocycles. The van der Waals surface area contributed by atoms with Crippen LogP contribution in [-0.2, 0) is 14.8 Å². The van der Waals surface area contributed by atoms with E-state index < -0.39 is 15.3 Å². The second-order valence-corrected chi connectivity index (χ2v) is 7.71. The highest BCUT2D eigenvalue weighted by Crippen LogP contribution is 2.22. The maximum Gasteiger partial charge on any atom is 0.223 e. The maximum absolute atomic E-state index is 12.4. The molecule has 0 aromatic carbocycles. The molecule has 1 amide bonds. The molecule has 3 N–H and O–H groups in total. The molecule has 1 aliphatic heterocycles. The van der Waals surface area contributed by atoms with Crippen LogP contribution >= 0.6 is 12.2 Å². The van der Waals surface area contributed by atoms with Crippen LogP contribution in [0.15, 0.2) is 0 Å². The van der Waals surface area contributed by atoms with Gasteiger partial charge in [0.2, 0.25) is 15.9 Å². The fraction of sp³-hybridized carbons (Fsp3) is 0.833. The summed E-state index contributed by atoms with van der Waals surface area (Å²) in [5.74, 6) is 0.273. The molecule has 116 valence electrons. The molecule has 0 aromatic heterocycles. The monoisotopic (exact) mass is 321 g/mol. The summed E-state index contributed by atoms with van der Waals surface area (Å²) in [5, 5.41) is 2.00. The van der Waals surface area contributed by atoms with E-state index in [9.17, 15) is 13.2 Å². The first-order valence-electron chi connectivity index (χ1n) is 6.81. The van der Waals surface area contributed by atoms with Crippen LogP contribution in [-0.4, -0.2) is 48.5 Å². The van der Waals surface area contributed by atoms with Crippen LogP contribution in [0.25, 0.3) is 0 Å². The van der Waals surface area contributed by atoms with Crippen molar-refractivity contribution < 1.29 is 13.2 Å². The minimum absolute atomic E-state index is 0.0351. The van der Waals surface area contributed by atoms with Crippen molar-refractivity contribution in [2.75, 3.05) is 19.6 Å². The third-order valence-corrected chi connectivity index (χ3v) is 6.45. The van der Waals surface area contributed by atoms with E-state index in [2.05, 4.69) is 5.32 Å². The van der Waals surface area contributed by atoms with Crippen molar-refractivity contribution >= 4 is 33.1 Å². The number of nitrogens with two attached hydrogens (primary N) is 1. The van der Waals surface area contributed by atoms with Gasteiger partial charge in [0.15, 0.2) is 0 Å². The van der Waals surface area contributed by atoms with Crippen molar-refractivity contribution in [1.82, 2.24) is 9.62 Å². The first-order chi connectivity index (χ1) is 9.28. The van der Waals surface area contributed by atoms with Crippen LogP contribution in [0, 0.1) is 5.92 Å². The van der Waals surface area contributed by atoms with Crippen molar-refractivity contribution in [2.24, 2.45) is 11.7 Å². The number of hydrogen-bond acceptors (Lipinski definition) is 4. The van der Waals surface area contributed by atoms with E-state index in [0.717, 1.165) is 12.8 Å². The summed E-state index contributed by atoms with van der Waals surface area (Å²) in [5.41, 5.74) is 5.53. The van der Waals surface area contributed by atoms with Gasteiger partial charge < -0.3 is 11.1 Å². The molecule has 20 heavy (non-hydrogen) atoms. The fourth-order valence-corrected chi connectivity index (χ4v) is 4.72. The molecule has 0 radical (unpaired) electrons. The molecule has 1 unspecified atom stereocenters. The van der Waals surface area contributed by atoms with Gasteiger partial charge in [0.05, 0.1) is 4.99 Å². The number of thiocarbonyl (C=S) groups is 1. The topological polar surface area (TPSA) is 92.5 Å². The number of hydrogen-bond donors (Lipinski definition) is 2. The zero-order valence-electron chi connectivity index (χ0n) is 12.0. The average molecular weight is 321 g/mol. The molecule has 1 rings (SSSR count). The summed E-state index contributed by atoms with van der Waals surface area (Å²) in [4.78, 5) is 10.9. The molecular weight excluding hydrogens is 298 g/mol. The Morgan fingerprint density at radius 2 is 2.00 bits per heavy atom. The van der Waals surface area contributed by atoms with Crippen molar-refractivity contribution in [1.29, 1.82) is 0 Å². The van der Waals surface area contributed by atoms with E-state index in [1.165, 1.54) is 11.2 Å². The van der Waals surface area contributed by atoms with Gasteiger partial charge in [-0.05, 0) is 25.2 Å². The Labute approximate surface area is 126 Å². The smallest absolute Gasteiger partial charge is 0.223 e. The number of amides is 1. The van der Waals surface area contributed by atoms with Gasteiger partial charge in [-0.1, -0.05) is 19.1 Å². The Kier molecular flexibility index (Phi) is 6.35. The molecule has 8 heteroatoms. The van der Waals surface area contributed by atoms with Gasteiger partial charge in [-0.15, -0.1) is 0 Å². The third-order valence-electron chi connectivity index (χ3n) is 3.62. The van der Waals surface area contributed by atoms with E-state index in [1.54, 1.807) is 6.92 Å². The molecule has 1 aliphatic rings. The van der Waals surface area contributed by atoms with E-state index in [1.807, 2.05) is 0 Å². The van der Waals surface area contributed by atoms with Gasteiger partial charge in [-0.2, -0.15) is 0 Å². The van der Waals surface area contributed by atoms with Gasteiger partial charge in [0.25, 0.3) is 0 Å². The number of carbonyl (C=O) groups is 1. The van der Waals surface area contributed by atoms with Crippen LogP contribution in [0.1, 0.15) is 33.1 Å². The lowest BCUT2D eigenvalue weighted by molar-refractivity contribution is -0.119. The van der Waals surface area contributed by atoms with Gasteiger partial charge >= 0.3 is 0 Å². The molecule has 1 fully saturated rings. The molecule has 1 saturated heterocycles. The lowest BCUT2D eigenvalue weighted by Crippen LogP contribution is -2.48. The van der Waals surface area contributed by atoms with Crippen molar-refractivity contribution in [3.8, 4) is 0 Å². The number of rotatable bonds is 6. The summed E-state index contributed by atoms with van der Waals surface area (Å²) in [6.07, 6.45) is 1.88. The fourth-order valence-electron chi connectivity index (χ4n) is 2.39. The zero-order valence-corrected chi connectivity index (χ0v) is 13.6. The molecule has 0 spiro atoms. The SMILES string of the molecule is CCC(C(N)=S)S(=O)(=O)N1CCC(CNC(C)=O)CC1. The summed E-state index contributed by atoms with van der Waals surface area (Å²) < 4.78 is 26.3. The normalized spacial score (nSPS) is 19.5. The Bertz CT molecular complexity index is 457. The second-order valence-electron chi connectivity index (χ2n) is 5.12. The standard InChI is InChI=1S/C12H23N3O3S2/c1-3-11(12(13)19)20(17,18)15-6-4-10(5-7-15)8-14-9(2)16/h10-11H,3-8H2,1-2H3,(H2,13,19)(H,14,16). The van der Waals surface area contributed by atoms with Gasteiger partial charge in [0.1, 0.15) is 5.25 Å². The number of carbonyl (C=O) groups excluding carboxylic acids is 1. The number of nitrogens with one attached hydrogen (secondary N) is 1. The Morgan fingerprint density at radius 3 is 2.40 bits per heavy atom. The maximum atomic E-state index is 12.4. The average Bonchev–Trinajstić information content (AvgIpc) is 2.36. The van der Waals surface area contributed by atoms with Gasteiger partial charge in [0, 0.05) is 26.6 Å². The van der Waals surface area contributed by atoms with Crippen molar-refractivity contribution in [3.05, 3.63) is 0 Å². The lowest BCUT2D eigenvalue weighted by Gasteiger charge is -2.33. The van der Waals surface area contributed by atoms with E-state index >= 15 is 0 Å². The third kappa shape index (κ3) is 4.39. The molecule has 0 aromatic rings. The van der Waals surface area contributed by atoms with Crippen LogP contribution in [0.3, 0.4) is 0 Å². The predicted octanol–water partition coefficient (Wildman–Crippen LogP) is 0.229. The van der Waals surface area contributed by atoms with Crippen LogP contribution in [0.4, 0.5) is 0 Å². The minimum atomic E-state index is -3.45. The molecule has 0 bridgehead atoms. The van der Waals surface area contributed by atoms with Gasteiger partial charge in [-0.3, -0.25) is 4.79 Å². The zero-order chi connectivity index (χ0) is 15.3. The van der Waals surface area contributed by atoms with E-state index in [4.69, 9.17) is 18.0 Å². The minimum Gasteiger partial charge on any atom is -0.392 e. The molecule has 6 nitrogen and oxygen atoms in total. The Hall–Kier alpha value is -0.730. The Balaban J connectivity index is 2.60. The summed E-state index contributed by atoms with van der Waals surface area (Å²) >= 11 is 4.85. The highest BCUT2D eigenvalue weighted by Gasteiger charge is 2.35. The second kappa shape index (κ2) is 7.33. The number of sulfonamides is 1. The largest absolute Gasteiger partial charge is 0.392 e. The summed E-state index contributed by atoms with van der Waals surface area (Å²) in [6, 6.07) is 0. The number of piperidine rings is 1. The van der Waals surface area contributed by atoms with Crippen molar-refractivity contribution in [3.63, 3.8) is 0 Å². The lowest BCUT2D eigenvalue weighted by atomic mass is 9.98. The molecular formula is C12H23N3O3S2. The number of nitrogens with zero attached hydrogens (tertiary/aromatic N) is 1. The van der Waals surface area contributed by atoms with Crippen LogP contribution < -0.4 is 11.1 Å². The molecule has 1 atom stereocenters. The highest BCUT2D eigenvalue weighted by atomic mass is 32.2. The quantitative estimate of drug-likeness (QED) is 0.683. The predicted molar refractivity (Wildman–Crippen MR) is 82.8 cm³/mol. The first kappa shape index (κ1) is 17.3. The van der Waals surface area contributed by atoms with Crippen LogP contribution in [0.5, 0.6) is 0 Å². The highest BCUT2D eigenvalue weighted by molar-refractivity contribution is 7.92. The summed E-state index contributed by atoms with van der Waals surface area (Å²) in [6.45, 7) is 4.78. The van der Waals surface area contributed by atoms with Gasteiger partial charge in [-0.25, -0.2) is 12.7 Å². The van der Waals surface area contributed by atoms with E-state index in [0.29, 0.717) is 32.0 Å². The molecule has 0 aliphatic carbocycles. The summed E-state index contributed by atoms with van der Waals surface area (Å²) in [7, 11) is -3.45. The van der Waals surface area contributed by atoms with E-state index in [-0.39, 0.29) is 10.9 Å². The Morgan fingerprint density at radius 1 is 1.45 bits per heavy atom. The molecule has 0 saturated carbocycles. The van der Waals surface area contributed by atoms with Crippen molar-refractivity contribution in [2.45, 2.75) is 38.4 Å².